The number of fused-ring (bicyclic) bond motifs is 6. The fourth-order valence-corrected chi connectivity index (χ4v) is 5.95. The van der Waals surface area contributed by atoms with Crippen LogP contribution in [0.4, 0.5) is 0 Å². The Kier molecular flexibility index (Phi) is 3.70. The van der Waals surface area contributed by atoms with Crippen molar-refractivity contribution in [2.45, 2.75) is 68.9 Å². The van der Waals surface area contributed by atoms with Crippen LogP contribution in [0.1, 0.15) is 70.7 Å². The Labute approximate surface area is 181 Å². The first-order valence-corrected chi connectivity index (χ1v) is 10.4. The maximum absolute atomic E-state index is 13.6. The van der Waals surface area contributed by atoms with E-state index >= 15 is 0 Å². The second-order valence-electron chi connectivity index (χ2n) is 9.00. The Morgan fingerprint density at radius 2 is 1.62 bits per heavy atom. The van der Waals surface area contributed by atoms with Gasteiger partial charge in [-0.15, -0.1) is 0 Å². The highest BCUT2D eigenvalue weighted by Gasteiger charge is 2.62. The lowest BCUT2D eigenvalue weighted by atomic mass is 9.63. The van der Waals surface area contributed by atoms with Crippen LogP contribution < -0.4 is 0 Å². The largest absolute Gasteiger partial charge is 0.507 e. The molecule has 1 aromatic carbocycles. The summed E-state index contributed by atoms with van der Waals surface area (Å²) in [7, 11) is 0. The van der Waals surface area contributed by atoms with Crippen molar-refractivity contribution in [3.63, 3.8) is 0 Å². The van der Waals surface area contributed by atoms with Gasteiger partial charge in [0.05, 0.1) is 42.0 Å². The van der Waals surface area contributed by atoms with E-state index < -0.39 is 82.4 Å². The van der Waals surface area contributed by atoms with Crippen molar-refractivity contribution in [3.05, 3.63) is 33.4 Å². The Hall–Kier alpha value is -2.79. The Bertz CT molecular complexity index is 1170. The van der Waals surface area contributed by atoms with E-state index in [-0.39, 0.29) is 35.1 Å². The van der Waals surface area contributed by atoms with Crippen LogP contribution in [0.3, 0.4) is 0 Å². The van der Waals surface area contributed by atoms with E-state index in [1.54, 1.807) is 6.92 Å². The first kappa shape index (κ1) is 19.9. The monoisotopic (exact) mass is 444 g/mol. The van der Waals surface area contributed by atoms with Crippen molar-refractivity contribution >= 4 is 17.5 Å². The van der Waals surface area contributed by atoms with E-state index in [2.05, 4.69) is 0 Å². The number of phenolic OH excluding ortho intramolecular Hbond substituents is 2. The van der Waals surface area contributed by atoms with Crippen LogP contribution in [-0.4, -0.2) is 68.0 Å². The number of ketones is 2. The number of rotatable bonds is 0. The van der Waals surface area contributed by atoms with Gasteiger partial charge in [-0.1, -0.05) is 0 Å². The Morgan fingerprint density at radius 1 is 0.969 bits per heavy atom. The molecule has 2 fully saturated rings. The van der Waals surface area contributed by atoms with Gasteiger partial charge in [-0.05, 0) is 13.8 Å². The number of aliphatic hydroxyl groups excluding tert-OH is 1. The molecule has 0 unspecified atom stereocenters. The fourth-order valence-electron chi connectivity index (χ4n) is 5.95. The summed E-state index contributed by atoms with van der Waals surface area (Å²) in [5.41, 5.74) is -3.41. The van der Waals surface area contributed by atoms with Crippen LogP contribution in [0.15, 0.2) is 11.1 Å². The lowest BCUT2D eigenvalue weighted by Gasteiger charge is -2.52. The minimum absolute atomic E-state index is 0.0371. The summed E-state index contributed by atoms with van der Waals surface area (Å²) >= 11 is 0. The van der Waals surface area contributed by atoms with Crippen molar-refractivity contribution < 1.29 is 49.0 Å². The van der Waals surface area contributed by atoms with Gasteiger partial charge in [-0.3, -0.25) is 14.4 Å². The maximum atomic E-state index is 13.6. The van der Waals surface area contributed by atoms with Gasteiger partial charge < -0.3 is 34.6 Å². The van der Waals surface area contributed by atoms with Gasteiger partial charge in [0.25, 0.3) is 0 Å². The molecule has 32 heavy (non-hydrogen) atoms. The van der Waals surface area contributed by atoms with Crippen LogP contribution in [-0.2, 0) is 19.0 Å². The Morgan fingerprint density at radius 3 is 2.31 bits per heavy atom. The van der Waals surface area contributed by atoms with Crippen LogP contribution in [0.2, 0.25) is 0 Å². The van der Waals surface area contributed by atoms with E-state index in [1.165, 1.54) is 6.92 Å². The third-order valence-corrected chi connectivity index (χ3v) is 7.41. The summed E-state index contributed by atoms with van der Waals surface area (Å²) in [6.07, 6.45) is -5.97. The van der Waals surface area contributed by atoms with Gasteiger partial charge in [0.15, 0.2) is 17.7 Å². The van der Waals surface area contributed by atoms with Crippen LogP contribution in [0, 0.1) is 0 Å². The van der Waals surface area contributed by atoms with Gasteiger partial charge in [-0.25, -0.2) is 0 Å². The summed E-state index contributed by atoms with van der Waals surface area (Å²) in [4.78, 5) is 39.0. The lowest BCUT2D eigenvalue weighted by molar-refractivity contribution is -0.207. The van der Waals surface area contributed by atoms with Crippen LogP contribution in [0.5, 0.6) is 11.5 Å². The predicted octanol–water partition coefficient (Wildman–Crippen LogP) is 0.504. The molecule has 0 radical (unpaired) electrons. The number of carbonyl (C=O) groups is 3. The normalized spacial score (nSPS) is 39.4. The first-order valence-electron chi connectivity index (χ1n) is 10.4. The molecular weight excluding hydrogens is 424 g/mol. The molecule has 7 atom stereocenters. The average molecular weight is 444 g/mol. The lowest BCUT2D eigenvalue weighted by Crippen LogP contribution is -2.66. The van der Waals surface area contributed by atoms with Crippen LogP contribution in [0.25, 0.3) is 0 Å². The number of ether oxygens (including phenoxy) is 3. The molecule has 2 aliphatic carbocycles. The molecule has 6 aliphatic rings. The standard InChI is InChI=1S/C22H20O10/c1-5-11-15(21-8(30-5)4-10(24)32-21)19(27)13-14(17(11)25)20(28)16-12(18(13)26)7-3-9(23)22(16,29)6(2)31-7/h5-9,21,23,25,27,29H,3-4H2,1-2H3/t5-,6-,7-,8-,9+,21+,22+/m0/s1. The van der Waals surface area contributed by atoms with Crippen LogP contribution >= 0.6 is 0 Å². The third-order valence-electron chi connectivity index (χ3n) is 7.41. The minimum Gasteiger partial charge on any atom is -0.507 e. The highest BCUT2D eigenvalue weighted by molar-refractivity contribution is 6.30. The molecular formula is C22H20O10. The van der Waals surface area contributed by atoms with E-state index in [4.69, 9.17) is 14.2 Å². The first-order chi connectivity index (χ1) is 15.1. The van der Waals surface area contributed by atoms with Gasteiger partial charge in [-0.2, -0.15) is 0 Å². The number of phenols is 2. The topological polar surface area (TPSA) is 160 Å². The zero-order valence-corrected chi connectivity index (χ0v) is 17.1. The smallest absolute Gasteiger partial charge is 0.309 e. The highest BCUT2D eigenvalue weighted by Crippen LogP contribution is 2.57. The van der Waals surface area contributed by atoms with Gasteiger partial charge >= 0.3 is 5.97 Å². The number of carbonyl (C=O) groups excluding carboxylic acids is 3. The molecule has 0 spiro atoms. The van der Waals surface area contributed by atoms with Crippen molar-refractivity contribution in [1.29, 1.82) is 0 Å². The molecule has 168 valence electrons. The molecule has 2 bridgehead atoms. The second kappa shape index (κ2) is 5.96. The molecule has 4 N–H and O–H groups in total. The van der Waals surface area contributed by atoms with Crippen molar-refractivity contribution in [1.82, 2.24) is 0 Å². The zero-order chi connectivity index (χ0) is 22.9. The number of hydrogen-bond acceptors (Lipinski definition) is 10. The molecule has 2 saturated heterocycles. The second-order valence-corrected chi connectivity index (χ2v) is 9.00. The van der Waals surface area contributed by atoms with E-state index in [9.17, 15) is 34.8 Å². The summed E-state index contributed by atoms with van der Waals surface area (Å²) in [6, 6.07) is 0. The number of hydrogen-bond donors (Lipinski definition) is 4. The van der Waals surface area contributed by atoms with Gasteiger partial charge in [0.1, 0.15) is 23.2 Å². The third kappa shape index (κ3) is 2.06. The molecule has 0 aromatic heterocycles. The van der Waals surface area contributed by atoms with Gasteiger partial charge in [0, 0.05) is 28.7 Å². The maximum Gasteiger partial charge on any atom is 0.309 e. The SMILES string of the molecule is C[C@@H]1O[C@H]2CC(=O)O[C@H]2c2c(O)c3c(c(O)c21)C(=O)C1=C(C3=O)[C@@H]2C[C@@H](O)[C@]1(O)[C@H](C)O2. The number of aromatic hydroxyl groups is 2. The number of Topliss-reactive ketones (excluding diaryl/α,β-unsaturated/α-hetero) is 2. The summed E-state index contributed by atoms with van der Waals surface area (Å²) < 4.78 is 16.7. The molecule has 10 nitrogen and oxygen atoms in total. The molecule has 4 aliphatic heterocycles. The van der Waals surface area contributed by atoms with Crippen molar-refractivity contribution in [3.8, 4) is 11.5 Å². The minimum atomic E-state index is -2.14. The van der Waals surface area contributed by atoms with Crippen molar-refractivity contribution in [2.24, 2.45) is 0 Å². The number of aliphatic hydroxyl groups is 2. The van der Waals surface area contributed by atoms with E-state index in [0.29, 0.717) is 0 Å². The fraction of sp³-hybridized carbons (Fsp3) is 0.500. The van der Waals surface area contributed by atoms with E-state index in [0.717, 1.165) is 0 Å². The Balaban J connectivity index is 1.64. The van der Waals surface area contributed by atoms with E-state index in [1.807, 2.05) is 0 Å². The summed E-state index contributed by atoms with van der Waals surface area (Å²) in [5.74, 6) is -3.36. The zero-order valence-electron chi connectivity index (χ0n) is 17.1. The quantitative estimate of drug-likeness (QED) is 0.328. The molecule has 10 heteroatoms. The average Bonchev–Trinajstić information content (AvgIpc) is 3.09. The molecule has 0 saturated carbocycles. The predicted molar refractivity (Wildman–Crippen MR) is 102 cm³/mol. The molecule has 0 amide bonds. The molecule has 4 heterocycles. The molecule has 7 rings (SSSR count). The molecule has 1 aromatic rings. The highest BCUT2D eigenvalue weighted by atomic mass is 16.6. The van der Waals surface area contributed by atoms with Gasteiger partial charge in [0.2, 0.25) is 0 Å². The van der Waals surface area contributed by atoms with Crippen molar-refractivity contribution in [2.75, 3.05) is 0 Å². The summed E-state index contributed by atoms with van der Waals surface area (Å²) in [5, 5.41) is 44.0. The number of benzene rings is 1. The summed E-state index contributed by atoms with van der Waals surface area (Å²) in [6.45, 7) is 3.07. The number of esters is 1.